The lowest BCUT2D eigenvalue weighted by Crippen LogP contribution is -2.16. The molecular formula is C14H28O2S2. The molecule has 1 unspecified atom stereocenters. The van der Waals surface area contributed by atoms with Gasteiger partial charge in [0.2, 0.25) is 0 Å². The smallest absolute Gasteiger partial charge is 0.0585 e. The van der Waals surface area contributed by atoms with Crippen LogP contribution in [0.4, 0.5) is 0 Å². The molecule has 0 bridgehead atoms. The summed E-state index contributed by atoms with van der Waals surface area (Å²) in [4.78, 5) is 0. The maximum Gasteiger partial charge on any atom is 0.0585 e. The molecular weight excluding hydrogens is 264 g/mol. The summed E-state index contributed by atoms with van der Waals surface area (Å²) in [6.45, 7) is 5.89. The molecule has 1 atom stereocenters. The van der Waals surface area contributed by atoms with Gasteiger partial charge in [-0.05, 0) is 6.42 Å². The van der Waals surface area contributed by atoms with E-state index in [0.29, 0.717) is 5.25 Å². The maximum atomic E-state index is 5.79. The second kappa shape index (κ2) is 12.6. The lowest BCUT2D eigenvalue weighted by atomic mass is 10.1. The van der Waals surface area contributed by atoms with Crippen LogP contribution in [0.3, 0.4) is 0 Å². The highest BCUT2D eigenvalue weighted by Gasteiger charge is 2.10. The normalized spacial score (nSPS) is 24.2. The van der Waals surface area contributed by atoms with Crippen molar-refractivity contribution >= 4 is 23.5 Å². The Kier molecular flexibility index (Phi) is 11.7. The standard InChI is InChI=1S/C14H28O2S2/c1-2-3-4-5-6-14-13-16-8-11-17-10-7-15-9-12-18-14/h14H,2-13H2,1H3. The fourth-order valence-corrected chi connectivity index (χ4v) is 3.69. The molecule has 0 aliphatic carbocycles. The summed E-state index contributed by atoms with van der Waals surface area (Å²) >= 11 is 3.97. The summed E-state index contributed by atoms with van der Waals surface area (Å²) in [5, 5.41) is 0.676. The van der Waals surface area contributed by atoms with Crippen molar-refractivity contribution in [2.75, 3.05) is 43.7 Å². The molecule has 18 heavy (non-hydrogen) atoms. The maximum absolute atomic E-state index is 5.79. The highest BCUT2D eigenvalue weighted by atomic mass is 32.2. The first-order chi connectivity index (χ1) is 8.93. The van der Waals surface area contributed by atoms with Gasteiger partial charge in [0.15, 0.2) is 0 Å². The van der Waals surface area contributed by atoms with Gasteiger partial charge in [0.1, 0.15) is 0 Å². The molecule has 1 aliphatic heterocycles. The van der Waals surface area contributed by atoms with E-state index >= 15 is 0 Å². The molecule has 1 heterocycles. The monoisotopic (exact) mass is 292 g/mol. The van der Waals surface area contributed by atoms with Crippen LogP contribution in [0, 0.1) is 0 Å². The van der Waals surface area contributed by atoms with Crippen LogP contribution < -0.4 is 0 Å². The van der Waals surface area contributed by atoms with Crippen LogP contribution in [0.15, 0.2) is 0 Å². The fourth-order valence-electron chi connectivity index (χ4n) is 1.94. The first kappa shape index (κ1) is 16.7. The van der Waals surface area contributed by atoms with E-state index in [9.17, 15) is 0 Å². The van der Waals surface area contributed by atoms with Gasteiger partial charge in [-0.3, -0.25) is 0 Å². The zero-order chi connectivity index (χ0) is 12.9. The molecule has 1 fully saturated rings. The fraction of sp³-hybridized carbons (Fsp3) is 1.00. The number of rotatable bonds is 5. The average molecular weight is 293 g/mol. The molecule has 0 N–H and O–H groups in total. The van der Waals surface area contributed by atoms with E-state index in [2.05, 4.69) is 6.92 Å². The Morgan fingerprint density at radius 3 is 2.56 bits per heavy atom. The third kappa shape index (κ3) is 9.54. The molecule has 0 radical (unpaired) electrons. The van der Waals surface area contributed by atoms with Crippen molar-refractivity contribution in [3.8, 4) is 0 Å². The minimum atomic E-state index is 0.676. The molecule has 4 heteroatoms. The summed E-state index contributed by atoms with van der Waals surface area (Å²) in [5.74, 6) is 3.33. The van der Waals surface area contributed by atoms with Crippen molar-refractivity contribution in [1.82, 2.24) is 0 Å². The van der Waals surface area contributed by atoms with Crippen molar-refractivity contribution in [1.29, 1.82) is 0 Å². The third-order valence-electron chi connectivity index (χ3n) is 3.01. The Balaban J connectivity index is 2.14. The van der Waals surface area contributed by atoms with E-state index in [-0.39, 0.29) is 0 Å². The second-order valence-corrected chi connectivity index (χ2v) is 7.27. The van der Waals surface area contributed by atoms with Gasteiger partial charge >= 0.3 is 0 Å². The lowest BCUT2D eigenvalue weighted by molar-refractivity contribution is 0.146. The number of hydrogen-bond acceptors (Lipinski definition) is 4. The van der Waals surface area contributed by atoms with Gasteiger partial charge in [-0.1, -0.05) is 32.6 Å². The molecule has 0 aromatic carbocycles. The van der Waals surface area contributed by atoms with E-state index in [1.165, 1.54) is 32.1 Å². The van der Waals surface area contributed by atoms with Crippen molar-refractivity contribution in [2.45, 2.75) is 44.3 Å². The van der Waals surface area contributed by atoms with Gasteiger partial charge in [-0.15, -0.1) is 0 Å². The van der Waals surface area contributed by atoms with E-state index in [4.69, 9.17) is 9.47 Å². The van der Waals surface area contributed by atoms with Gasteiger partial charge < -0.3 is 9.47 Å². The van der Waals surface area contributed by atoms with E-state index in [1.54, 1.807) is 0 Å². The first-order valence-corrected chi connectivity index (χ1v) is 9.48. The minimum absolute atomic E-state index is 0.676. The Morgan fingerprint density at radius 1 is 0.944 bits per heavy atom. The molecule has 1 rings (SSSR count). The Hall–Kier alpha value is 0.620. The number of thioether (sulfide) groups is 2. The molecule has 0 aromatic rings. The second-order valence-electron chi connectivity index (χ2n) is 4.64. The zero-order valence-corrected chi connectivity index (χ0v) is 13.3. The van der Waals surface area contributed by atoms with Crippen molar-refractivity contribution < 1.29 is 9.47 Å². The summed E-state index contributed by atoms with van der Waals surface area (Å²) in [6.07, 6.45) is 6.72. The molecule has 108 valence electrons. The van der Waals surface area contributed by atoms with Crippen LogP contribution >= 0.6 is 23.5 Å². The van der Waals surface area contributed by atoms with Crippen molar-refractivity contribution in [2.24, 2.45) is 0 Å². The summed E-state index contributed by atoms with van der Waals surface area (Å²) in [6, 6.07) is 0. The highest BCUT2D eigenvalue weighted by Crippen LogP contribution is 2.19. The third-order valence-corrected chi connectivity index (χ3v) is 5.16. The largest absolute Gasteiger partial charge is 0.380 e. The Bertz CT molecular complexity index is 164. The summed E-state index contributed by atoms with van der Waals surface area (Å²) in [7, 11) is 0. The highest BCUT2D eigenvalue weighted by molar-refractivity contribution is 8.00. The van der Waals surface area contributed by atoms with Crippen molar-refractivity contribution in [3.63, 3.8) is 0 Å². The van der Waals surface area contributed by atoms with Crippen LogP contribution in [0.5, 0.6) is 0 Å². The number of hydrogen-bond donors (Lipinski definition) is 0. The summed E-state index contributed by atoms with van der Waals surface area (Å²) in [5.41, 5.74) is 0. The van der Waals surface area contributed by atoms with Crippen LogP contribution in [-0.4, -0.2) is 48.9 Å². The van der Waals surface area contributed by atoms with E-state index < -0.39 is 0 Å². The van der Waals surface area contributed by atoms with Crippen LogP contribution in [0.1, 0.15) is 39.0 Å². The quantitative estimate of drug-likeness (QED) is 0.716. The molecule has 0 aromatic heterocycles. The Morgan fingerprint density at radius 2 is 1.72 bits per heavy atom. The van der Waals surface area contributed by atoms with Crippen LogP contribution in [0.25, 0.3) is 0 Å². The van der Waals surface area contributed by atoms with E-state index in [1.807, 2.05) is 23.5 Å². The van der Waals surface area contributed by atoms with Gasteiger partial charge in [0.25, 0.3) is 0 Å². The van der Waals surface area contributed by atoms with Crippen LogP contribution in [-0.2, 0) is 9.47 Å². The lowest BCUT2D eigenvalue weighted by Gasteiger charge is -2.18. The van der Waals surface area contributed by atoms with Crippen LogP contribution in [0.2, 0.25) is 0 Å². The number of ether oxygens (including phenoxy) is 2. The molecule has 1 aliphatic rings. The van der Waals surface area contributed by atoms with Gasteiger partial charge in [0, 0.05) is 22.5 Å². The SMILES string of the molecule is CCCCCCC1COCCSCCOCCS1. The first-order valence-electron chi connectivity index (χ1n) is 7.28. The van der Waals surface area contributed by atoms with Crippen molar-refractivity contribution in [3.05, 3.63) is 0 Å². The average Bonchev–Trinajstić information content (AvgIpc) is 2.37. The molecule has 0 spiro atoms. The topological polar surface area (TPSA) is 18.5 Å². The molecule has 0 amide bonds. The summed E-state index contributed by atoms with van der Waals surface area (Å²) < 4.78 is 11.4. The van der Waals surface area contributed by atoms with Gasteiger partial charge in [-0.25, -0.2) is 0 Å². The molecule has 1 saturated heterocycles. The Labute approximate surface area is 121 Å². The van der Waals surface area contributed by atoms with Gasteiger partial charge in [0.05, 0.1) is 26.4 Å². The molecule has 2 nitrogen and oxygen atoms in total. The van der Waals surface area contributed by atoms with E-state index in [0.717, 1.165) is 43.7 Å². The predicted molar refractivity (Wildman–Crippen MR) is 84.0 cm³/mol. The zero-order valence-electron chi connectivity index (χ0n) is 11.7. The predicted octanol–water partition coefficient (Wildman–Crippen LogP) is 3.84. The number of unbranched alkanes of at least 4 members (excludes halogenated alkanes) is 3. The van der Waals surface area contributed by atoms with Gasteiger partial charge in [-0.2, -0.15) is 23.5 Å². The minimum Gasteiger partial charge on any atom is -0.380 e. The molecule has 0 saturated carbocycles.